The van der Waals surface area contributed by atoms with Crippen LogP contribution in [0.4, 0.5) is 0 Å². The van der Waals surface area contributed by atoms with E-state index in [1.807, 2.05) is 0 Å². The quantitative estimate of drug-likeness (QED) is 0.206. The SMILES string of the molecule is C#CCN(CCS)C(N)=NC#N. The van der Waals surface area contributed by atoms with Crippen molar-refractivity contribution in [2.45, 2.75) is 0 Å². The highest BCUT2D eigenvalue weighted by Gasteiger charge is 2.03. The van der Waals surface area contributed by atoms with Crippen LogP contribution in [0.25, 0.3) is 0 Å². The second-order valence-electron chi connectivity index (χ2n) is 1.92. The maximum Gasteiger partial charge on any atom is 0.209 e. The van der Waals surface area contributed by atoms with Crippen molar-refractivity contribution in [2.24, 2.45) is 10.7 Å². The summed E-state index contributed by atoms with van der Waals surface area (Å²) < 4.78 is 0. The first-order valence-corrected chi connectivity index (χ1v) is 3.91. The molecule has 0 aliphatic carbocycles. The third-order valence-corrected chi connectivity index (χ3v) is 1.34. The van der Waals surface area contributed by atoms with E-state index >= 15 is 0 Å². The number of nitriles is 1. The van der Waals surface area contributed by atoms with E-state index in [1.165, 1.54) is 0 Å². The van der Waals surface area contributed by atoms with Gasteiger partial charge in [-0.15, -0.1) is 11.4 Å². The lowest BCUT2D eigenvalue weighted by atomic mass is 10.5. The van der Waals surface area contributed by atoms with Crippen LogP contribution in [0.3, 0.4) is 0 Å². The molecule has 5 heteroatoms. The van der Waals surface area contributed by atoms with E-state index in [4.69, 9.17) is 17.4 Å². The van der Waals surface area contributed by atoms with E-state index in [2.05, 4.69) is 23.5 Å². The largest absolute Gasteiger partial charge is 0.369 e. The molecule has 4 nitrogen and oxygen atoms in total. The van der Waals surface area contributed by atoms with E-state index < -0.39 is 0 Å². The molecule has 0 heterocycles. The minimum atomic E-state index is 0.143. The number of rotatable bonds is 3. The van der Waals surface area contributed by atoms with Crippen molar-refractivity contribution in [3.63, 3.8) is 0 Å². The number of aliphatic imine (C=N–C) groups is 1. The van der Waals surface area contributed by atoms with E-state index in [0.717, 1.165) is 0 Å². The van der Waals surface area contributed by atoms with Crippen LogP contribution in [0.1, 0.15) is 0 Å². The van der Waals surface area contributed by atoms with E-state index in [0.29, 0.717) is 18.8 Å². The molecule has 0 aromatic heterocycles. The van der Waals surface area contributed by atoms with Crippen molar-refractivity contribution in [1.29, 1.82) is 5.26 Å². The zero-order valence-electron chi connectivity index (χ0n) is 6.56. The van der Waals surface area contributed by atoms with Crippen molar-refractivity contribution in [3.8, 4) is 18.5 Å². The molecule has 12 heavy (non-hydrogen) atoms. The Labute approximate surface area is 77.5 Å². The Morgan fingerprint density at radius 1 is 1.75 bits per heavy atom. The Balaban J connectivity index is 4.22. The molecule has 0 saturated heterocycles. The molecule has 0 radical (unpaired) electrons. The molecule has 0 aromatic rings. The Morgan fingerprint density at radius 3 is 2.83 bits per heavy atom. The topological polar surface area (TPSA) is 65.4 Å². The van der Waals surface area contributed by atoms with Gasteiger partial charge in [-0.2, -0.15) is 17.9 Å². The number of hydrogen-bond acceptors (Lipinski definition) is 3. The van der Waals surface area contributed by atoms with Gasteiger partial charge in [-0.1, -0.05) is 5.92 Å². The average Bonchev–Trinajstić information content (AvgIpc) is 2.04. The van der Waals surface area contributed by atoms with Gasteiger partial charge < -0.3 is 10.6 Å². The van der Waals surface area contributed by atoms with Crippen LogP contribution in [-0.2, 0) is 0 Å². The molecule has 0 bridgehead atoms. The highest BCUT2D eigenvalue weighted by molar-refractivity contribution is 7.80. The molecule has 0 saturated carbocycles. The Morgan fingerprint density at radius 2 is 2.42 bits per heavy atom. The normalized spacial score (nSPS) is 10.1. The van der Waals surface area contributed by atoms with E-state index in [1.54, 1.807) is 11.1 Å². The fourth-order valence-corrected chi connectivity index (χ4v) is 0.869. The lowest BCUT2D eigenvalue weighted by Gasteiger charge is -2.18. The summed E-state index contributed by atoms with van der Waals surface area (Å²) in [5.41, 5.74) is 5.42. The Bertz CT molecular complexity index is 235. The molecule has 0 spiro atoms. The van der Waals surface area contributed by atoms with Gasteiger partial charge in [0.25, 0.3) is 0 Å². The molecule has 64 valence electrons. The van der Waals surface area contributed by atoms with Gasteiger partial charge in [0.05, 0.1) is 6.54 Å². The second-order valence-corrected chi connectivity index (χ2v) is 2.37. The number of terminal acetylenes is 1. The molecule has 0 fully saturated rings. The van der Waals surface area contributed by atoms with Crippen molar-refractivity contribution in [3.05, 3.63) is 0 Å². The lowest BCUT2D eigenvalue weighted by molar-refractivity contribution is 0.494. The van der Waals surface area contributed by atoms with Gasteiger partial charge >= 0.3 is 0 Å². The molecule has 0 aromatic carbocycles. The number of thiol groups is 1. The van der Waals surface area contributed by atoms with Gasteiger partial charge in [-0.05, 0) is 0 Å². The fourth-order valence-electron chi connectivity index (χ4n) is 0.627. The van der Waals surface area contributed by atoms with Crippen LogP contribution in [0.2, 0.25) is 0 Å². The molecule has 0 unspecified atom stereocenters. The van der Waals surface area contributed by atoms with Crippen LogP contribution in [0.5, 0.6) is 0 Å². The highest BCUT2D eigenvalue weighted by atomic mass is 32.1. The maximum atomic E-state index is 8.21. The number of hydrogen-bond donors (Lipinski definition) is 2. The molecule has 0 aliphatic rings. The summed E-state index contributed by atoms with van der Waals surface area (Å²) in [5, 5.41) is 8.21. The first-order valence-electron chi connectivity index (χ1n) is 3.27. The molecule has 0 amide bonds. The number of nitrogens with zero attached hydrogens (tertiary/aromatic N) is 3. The van der Waals surface area contributed by atoms with Gasteiger partial charge in [0.1, 0.15) is 0 Å². The predicted octanol–water partition coefficient (Wildman–Crippen LogP) is -0.353. The van der Waals surface area contributed by atoms with Gasteiger partial charge in [0.2, 0.25) is 12.2 Å². The smallest absolute Gasteiger partial charge is 0.209 e. The van der Waals surface area contributed by atoms with Crippen LogP contribution < -0.4 is 5.73 Å². The summed E-state index contributed by atoms with van der Waals surface area (Å²) in [7, 11) is 0. The van der Waals surface area contributed by atoms with Crippen molar-refractivity contribution < 1.29 is 0 Å². The molecule has 0 rings (SSSR count). The number of guanidine groups is 1. The third kappa shape index (κ3) is 3.75. The fraction of sp³-hybridized carbons (Fsp3) is 0.429. The Hall–Kier alpha value is -1.33. The van der Waals surface area contributed by atoms with Crippen molar-refractivity contribution in [1.82, 2.24) is 4.90 Å². The van der Waals surface area contributed by atoms with Crippen LogP contribution in [0, 0.1) is 23.8 Å². The van der Waals surface area contributed by atoms with Crippen LogP contribution in [0.15, 0.2) is 4.99 Å². The predicted molar refractivity (Wildman–Crippen MR) is 51.5 cm³/mol. The second kappa shape index (κ2) is 6.38. The minimum Gasteiger partial charge on any atom is -0.369 e. The molecule has 2 N–H and O–H groups in total. The summed E-state index contributed by atoms with van der Waals surface area (Å²) in [6.45, 7) is 0.932. The van der Waals surface area contributed by atoms with Crippen LogP contribution >= 0.6 is 12.6 Å². The standard InChI is InChI=1S/C7H10N4S/c1-2-3-11(4-5-12)7(9)10-6-8/h1,12H,3-5H2,(H2,9,10). The first kappa shape index (κ1) is 10.7. The highest BCUT2D eigenvalue weighted by Crippen LogP contribution is 1.88. The summed E-state index contributed by atoms with van der Waals surface area (Å²) in [4.78, 5) is 4.97. The first-order chi connectivity index (χ1) is 5.76. The van der Waals surface area contributed by atoms with Gasteiger partial charge in [-0.3, -0.25) is 0 Å². The molecule has 0 aliphatic heterocycles. The van der Waals surface area contributed by atoms with Crippen molar-refractivity contribution >= 4 is 18.6 Å². The average molecular weight is 182 g/mol. The summed E-state index contributed by atoms with van der Waals surface area (Å²) in [5.74, 6) is 3.17. The molecular weight excluding hydrogens is 172 g/mol. The van der Waals surface area contributed by atoms with Crippen LogP contribution in [-0.4, -0.2) is 29.7 Å². The lowest BCUT2D eigenvalue weighted by Crippen LogP contribution is -2.38. The minimum absolute atomic E-state index is 0.143. The zero-order valence-corrected chi connectivity index (χ0v) is 7.46. The summed E-state index contributed by atoms with van der Waals surface area (Å²) in [6, 6.07) is 0. The number of nitrogens with two attached hydrogens (primary N) is 1. The molecular formula is C7H10N4S. The van der Waals surface area contributed by atoms with E-state index in [9.17, 15) is 0 Å². The monoisotopic (exact) mass is 182 g/mol. The summed E-state index contributed by atoms with van der Waals surface area (Å²) >= 11 is 4.01. The zero-order chi connectivity index (χ0) is 9.40. The van der Waals surface area contributed by atoms with Gasteiger partial charge in [-0.25, -0.2) is 0 Å². The van der Waals surface area contributed by atoms with Crippen molar-refractivity contribution in [2.75, 3.05) is 18.8 Å². The third-order valence-electron chi connectivity index (χ3n) is 1.14. The van der Waals surface area contributed by atoms with Gasteiger partial charge in [0, 0.05) is 12.3 Å². The summed E-state index contributed by atoms with van der Waals surface area (Å²) in [6.07, 6.45) is 6.68. The molecule has 0 atom stereocenters. The van der Waals surface area contributed by atoms with E-state index in [-0.39, 0.29) is 5.96 Å². The van der Waals surface area contributed by atoms with Gasteiger partial charge in [0.15, 0.2) is 0 Å². The Kier molecular flexibility index (Phi) is 5.68. The maximum absolute atomic E-state index is 8.21.